The average molecular weight is 286 g/mol. The first-order chi connectivity index (χ1) is 8.72. The molecule has 19 heavy (non-hydrogen) atoms. The molecule has 3 N–H and O–H groups in total. The van der Waals surface area contributed by atoms with E-state index in [2.05, 4.69) is 0 Å². The van der Waals surface area contributed by atoms with Crippen LogP contribution < -0.4 is 10.5 Å². The molecule has 0 heterocycles. The Bertz CT molecular complexity index is 458. The van der Waals surface area contributed by atoms with Crippen LogP contribution in [0.15, 0.2) is 18.2 Å². The Labute approximate surface area is 118 Å². The van der Waals surface area contributed by atoms with Gasteiger partial charge in [0.1, 0.15) is 12.4 Å². The lowest BCUT2D eigenvalue weighted by Crippen LogP contribution is -2.31. The number of carboxylic acids is 1. The van der Waals surface area contributed by atoms with Gasteiger partial charge in [-0.25, -0.2) is 0 Å². The van der Waals surface area contributed by atoms with E-state index in [0.717, 1.165) is 5.56 Å². The number of hydrogen-bond donors (Lipinski definition) is 2. The van der Waals surface area contributed by atoms with Crippen LogP contribution in [0.2, 0.25) is 5.02 Å². The number of hydrogen-bond acceptors (Lipinski definition) is 3. The number of nitrogens with two attached hydrogens (primary N) is 1. The highest BCUT2D eigenvalue weighted by atomic mass is 35.5. The fourth-order valence-corrected chi connectivity index (χ4v) is 1.71. The zero-order chi connectivity index (χ0) is 14.6. The van der Waals surface area contributed by atoms with Gasteiger partial charge in [-0.2, -0.15) is 0 Å². The van der Waals surface area contributed by atoms with Crippen molar-refractivity contribution in [3.05, 3.63) is 28.8 Å². The molecule has 0 saturated heterocycles. The maximum atomic E-state index is 11.0. The van der Waals surface area contributed by atoms with Crippen LogP contribution in [0.25, 0.3) is 0 Å². The first-order valence-electron chi connectivity index (χ1n) is 6.12. The summed E-state index contributed by atoms with van der Waals surface area (Å²) in [5.41, 5.74) is 5.73. The van der Waals surface area contributed by atoms with E-state index in [4.69, 9.17) is 27.2 Å². The molecule has 0 amide bonds. The van der Waals surface area contributed by atoms with E-state index in [-0.39, 0.29) is 12.6 Å². The maximum absolute atomic E-state index is 11.0. The van der Waals surface area contributed by atoms with Crippen LogP contribution in [0.5, 0.6) is 5.75 Å². The molecule has 0 bridgehead atoms. The quantitative estimate of drug-likeness (QED) is 0.843. The van der Waals surface area contributed by atoms with Crippen molar-refractivity contribution in [3.8, 4) is 5.75 Å². The van der Waals surface area contributed by atoms with E-state index in [1.165, 1.54) is 0 Å². The lowest BCUT2D eigenvalue weighted by atomic mass is 9.95. The molecule has 1 unspecified atom stereocenters. The summed E-state index contributed by atoms with van der Waals surface area (Å²) in [4.78, 5) is 11.0. The summed E-state index contributed by atoms with van der Waals surface area (Å²) in [5.74, 6) is -0.258. The number of halogens is 1. The molecule has 4 nitrogen and oxygen atoms in total. The van der Waals surface area contributed by atoms with Gasteiger partial charge >= 0.3 is 5.97 Å². The van der Waals surface area contributed by atoms with Crippen LogP contribution in [-0.4, -0.2) is 23.7 Å². The molecular formula is C14H20ClNO3. The van der Waals surface area contributed by atoms with Crippen LogP contribution in [0.3, 0.4) is 0 Å². The van der Waals surface area contributed by atoms with E-state index in [9.17, 15) is 4.79 Å². The molecule has 0 aliphatic rings. The number of carbonyl (C=O) groups is 1. The minimum atomic E-state index is -0.939. The predicted octanol–water partition coefficient (Wildman–Crippen LogP) is 2.72. The summed E-state index contributed by atoms with van der Waals surface area (Å²) in [6.45, 7) is 5.23. The average Bonchev–Trinajstić information content (AvgIpc) is 2.26. The molecule has 0 aromatic heterocycles. The van der Waals surface area contributed by atoms with Crippen molar-refractivity contribution in [3.63, 3.8) is 0 Å². The summed E-state index contributed by atoms with van der Waals surface area (Å²) in [6, 6.07) is 5.25. The van der Waals surface area contributed by atoms with Crippen molar-refractivity contribution in [1.29, 1.82) is 0 Å². The van der Waals surface area contributed by atoms with E-state index in [1.54, 1.807) is 32.0 Å². The highest BCUT2D eigenvalue weighted by Gasteiger charge is 2.28. The Morgan fingerprint density at radius 2 is 2.16 bits per heavy atom. The van der Waals surface area contributed by atoms with Gasteiger partial charge in [0.25, 0.3) is 0 Å². The Hall–Kier alpha value is -1.26. The molecule has 0 spiro atoms. The van der Waals surface area contributed by atoms with Crippen molar-refractivity contribution in [2.24, 2.45) is 11.1 Å². The van der Waals surface area contributed by atoms with Crippen LogP contribution in [0.1, 0.15) is 26.3 Å². The zero-order valence-corrected chi connectivity index (χ0v) is 12.2. The second-order valence-corrected chi connectivity index (χ2v) is 5.85. The molecule has 1 rings (SSSR count). The number of aliphatic carboxylic acids is 1. The molecule has 0 saturated carbocycles. The first kappa shape index (κ1) is 15.8. The van der Waals surface area contributed by atoms with Gasteiger partial charge in [-0.1, -0.05) is 11.6 Å². The van der Waals surface area contributed by atoms with Crippen molar-refractivity contribution >= 4 is 17.6 Å². The number of rotatable bonds is 6. The predicted molar refractivity (Wildman–Crippen MR) is 75.7 cm³/mol. The number of carboxylic acid groups (broad SMARTS) is 1. The third kappa shape index (κ3) is 4.73. The minimum absolute atomic E-state index is 0.0201. The molecule has 0 radical (unpaired) electrons. The number of benzene rings is 1. The van der Waals surface area contributed by atoms with E-state index in [1.807, 2.05) is 6.92 Å². The summed E-state index contributed by atoms with van der Waals surface area (Å²) in [5, 5.41) is 9.67. The van der Waals surface area contributed by atoms with Crippen molar-refractivity contribution in [1.82, 2.24) is 0 Å². The normalized spacial score (nSPS) is 13.1. The minimum Gasteiger partial charge on any atom is -0.492 e. The molecule has 5 heteroatoms. The summed E-state index contributed by atoms with van der Waals surface area (Å²) in [7, 11) is 0. The number of ether oxygens (including phenoxy) is 1. The Kier molecular flexibility index (Phi) is 5.20. The molecule has 1 aromatic carbocycles. The molecule has 0 aliphatic heterocycles. The smallest absolute Gasteiger partial charge is 0.312 e. The van der Waals surface area contributed by atoms with Gasteiger partial charge in [0.05, 0.1) is 5.41 Å². The Morgan fingerprint density at radius 3 is 2.68 bits per heavy atom. The molecule has 0 aliphatic carbocycles. The molecule has 1 aromatic rings. The van der Waals surface area contributed by atoms with Crippen LogP contribution in [-0.2, 0) is 11.2 Å². The van der Waals surface area contributed by atoms with Gasteiger partial charge in [0.2, 0.25) is 0 Å². The topological polar surface area (TPSA) is 72.5 Å². The Balaban J connectivity index is 2.86. The summed E-state index contributed by atoms with van der Waals surface area (Å²) in [6.07, 6.45) is 0.628. The van der Waals surface area contributed by atoms with E-state index < -0.39 is 11.4 Å². The maximum Gasteiger partial charge on any atom is 0.312 e. The van der Waals surface area contributed by atoms with Crippen LogP contribution in [0.4, 0.5) is 0 Å². The lowest BCUT2D eigenvalue weighted by molar-refractivity contribution is -0.148. The summed E-state index contributed by atoms with van der Waals surface area (Å²) < 4.78 is 5.62. The Morgan fingerprint density at radius 1 is 1.53 bits per heavy atom. The largest absolute Gasteiger partial charge is 0.492 e. The molecule has 1 atom stereocenters. The highest BCUT2D eigenvalue weighted by molar-refractivity contribution is 6.30. The SMILES string of the molecule is CC(N)Cc1cc(Cl)ccc1OCC(C)(C)C(=O)O. The standard InChI is InChI=1S/C14H20ClNO3/c1-9(16)6-10-7-11(15)4-5-12(10)19-8-14(2,3)13(17)18/h4-5,7,9H,6,8,16H2,1-3H3,(H,17,18). The molecule has 0 fully saturated rings. The van der Waals surface area contributed by atoms with Crippen LogP contribution >= 0.6 is 11.6 Å². The highest BCUT2D eigenvalue weighted by Crippen LogP contribution is 2.26. The third-order valence-electron chi connectivity index (χ3n) is 2.73. The van der Waals surface area contributed by atoms with E-state index in [0.29, 0.717) is 17.2 Å². The fourth-order valence-electron chi connectivity index (χ4n) is 1.52. The van der Waals surface area contributed by atoms with Crippen molar-refractivity contribution in [2.75, 3.05) is 6.61 Å². The van der Waals surface area contributed by atoms with Crippen molar-refractivity contribution < 1.29 is 14.6 Å². The van der Waals surface area contributed by atoms with Crippen molar-refractivity contribution in [2.45, 2.75) is 33.2 Å². The monoisotopic (exact) mass is 285 g/mol. The van der Waals surface area contributed by atoms with Crippen LogP contribution in [0, 0.1) is 5.41 Å². The van der Waals surface area contributed by atoms with Gasteiger partial charge in [-0.15, -0.1) is 0 Å². The van der Waals surface area contributed by atoms with Gasteiger partial charge < -0.3 is 15.6 Å². The molecular weight excluding hydrogens is 266 g/mol. The van der Waals surface area contributed by atoms with Gasteiger partial charge in [0, 0.05) is 11.1 Å². The van der Waals surface area contributed by atoms with Gasteiger partial charge in [-0.05, 0) is 51.0 Å². The first-order valence-corrected chi connectivity index (χ1v) is 6.50. The van der Waals surface area contributed by atoms with E-state index >= 15 is 0 Å². The van der Waals surface area contributed by atoms with Gasteiger partial charge in [0.15, 0.2) is 0 Å². The zero-order valence-electron chi connectivity index (χ0n) is 11.4. The third-order valence-corrected chi connectivity index (χ3v) is 2.97. The second kappa shape index (κ2) is 6.26. The summed E-state index contributed by atoms with van der Waals surface area (Å²) >= 11 is 5.95. The molecule has 106 valence electrons. The second-order valence-electron chi connectivity index (χ2n) is 5.41. The lowest BCUT2D eigenvalue weighted by Gasteiger charge is -2.21. The fraction of sp³-hybridized carbons (Fsp3) is 0.500. The van der Waals surface area contributed by atoms with Gasteiger partial charge in [-0.3, -0.25) is 4.79 Å².